The van der Waals surface area contributed by atoms with Gasteiger partial charge in [-0.25, -0.2) is 0 Å². The smallest absolute Gasteiger partial charge is 0.156 e. The molecule has 2 aromatic carbocycles. The summed E-state index contributed by atoms with van der Waals surface area (Å²) in [5.41, 5.74) is 10.8. The third-order valence-corrected chi connectivity index (χ3v) is 4.05. The van der Waals surface area contributed by atoms with Gasteiger partial charge >= 0.3 is 0 Å². The number of nitrogens with one attached hydrogen (secondary N) is 1. The van der Waals surface area contributed by atoms with Gasteiger partial charge in [0.2, 0.25) is 0 Å². The number of hydrogen-bond acceptors (Lipinski definition) is 3. The summed E-state index contributed by atoms with van der Waals surface area (Å²) in [5, 5.41) is 9.43. The van der Waals surface area contributed by atoms with Crippen molar-refractivity contribution in [1.82, 2.24) is 15.2 Å². The molecule has 0 aliphatic carbocycles. The van der Waals surface area contributed by atoms with Crippen molar-refractivity contribution in [2.24, 2.45) is 0 Å². The van der Waals surface area contributed by atoms with Crippen LogP contribution in [0.5, 0.6) is 0 Å². The van der Waals surface area contributed by atoms with Crippen molar-refractivity contribution in [2.45, 2.75) is 0 Å². The van der Waals surface area contributed by atoms with Gasteiger partial charge in [-0.2, -0.15) is 0 Å². The van der Waals surface area contributed by atoms with E-state index in [9.17, 15) is 0 Å². The Morgan fingerprint density at radius 2 is 1.81 bits per heavy atom. The molecule has 0 aliphatic heterocycles. The average Bonchev–Trinajstić information content (AvgIpc) is 2.85. The lowest BCUT2D eigenvalue weighted by Gasteiger charge is -2.05. The lowest BCUT2D eigenvalue weighted by Crippen LogP contribution is -1.97. The monoisotopic (exact) mass is 338 g/mol. The first-order valence-corrected chi connectivity index (χ1v) is 7.32. The Morgan fingerprint density at radius 3 is 2.62 bits per heavy atom. The summed E-state index contributed by atoms with van der Waals surface area (Å²) in [6.07, 6.45) is 0. The minimum atomic E-state index is 0.430. The molecule has 0 bridgehead atoms. The summed E-state index contributed by atoms with van der Waals surface area (Å²) in [6, 6.07) is 16.0. The van der Waals surface area contributed by atoms with Crippen LogP contribution in [0.1, 0.15) is 0 Å². The molecule has 0 unspecified atom stereocenters. The Bertz CT molecular complexity index is 960. The summed E-state index contributed by atoms with van der Waals surface area (Å²) >= 11 is 3.49. The van der Waals surface area contributed by atoms with Gasteiger partial charge in [0.1, 0.15) is 5.52 Å². The molecule has 0 radical (unpaired) electrons. The van der Waals surface area contributed by atoms with E-state index in [1.54, 1.807) is 0 Å². The molecule has 0 fully saturated rings. The van der Waals surface area contributed by atoms with Gasteiger partial charge in [-0.15, -0.1) is 10.2 Å². The van der Waals surface area contributed by atoms with Crippen molar-refractivity contribution < 1.29 is 0 Å². The Kier molecular flexibility index (Phi) is 2.68. The Balaban J connectivity index is 2.15. The summed E-state index contributed by atoms with van der Waals surface area (Å²) < 4.78 is 1.01. The maximum Gasteiger partial charge on any atom is 0.156 e. The van der Waals surface area contributed by atoms with Gasteiger partial charge in [0.15, 0.2) is 5.82 Å². The number of halogens is 1. The fourth-order valence-electron chi connectivity index (χ4n) is 2.61. The zero-order valence-electron chi connectivity index (χ0n) is 11.0. The Morgan fingerprint density at radius 1 is 1.00 bits per heavy atom. The third-order valence-electron chi connectivity index (χ3n) is 3.56. The third kappa shape index (κ3) is 1.89. The molecular formula is C16H11BrN4. The summed E-state index contributed by atoms with van der Waals surface area (Å²) in [4.78, 5) is 3.41. The first-order chi connectivity index (χ1) is 10.2. The molecule has 4 aromatic rings. The summed E-state index contributed by atoms with van der Waals surface area (Å²) in [7, 11) is 0. The molecule has 4 nitrogen and oxygen atoms in total. The first kappa shape index (κ1) is 12.3. The molecule has 2 aromatic heterocycles. The maximum atomic E-state index is 6.07. The van der Waals surface area contributed by atoms with E-state index >= 15 is 0 Å². The predicted molar refractivity (Wildman–Crippen MR) is 88.9 cm³/mol. The van der Waals surface area contributed by atoms with Crippen LogP contribution < -0.4 is 5.73 Å². The minimum absolute atomic E-state index is 0.430. The number of nitrogens with zero attached hydrogens (tertiary/aromatic N) is 2. The average molecular weight is 339 g/mol. The van der Waals surface area contributed by atoms with Crippen molar-refractivity contribution in [3.05, 3.63) is 53.0 Å². The van der Waals surface area contributed by atoms with Gasteiger partial charge in [0, 0.05) is 15.4 Å². The highest BCUT2D eigenvalue weighted by Crippen LogP contribution is 2.35. The van der Waals surface area contributed by atoms with E-state index in [1.807, 2.05) is 48.5 Å². The van der Waals surface area contributed by atoms with Crippen molar-refractivity contribution in [3.63, 3.8) is 0 Å². The van der Waals surface area contributed by atoms with Crippen LogP contribution in [0.15, 0.2) is 53.0 Å². The quantitative estimate of drug-likeness (QED) is 0.548. The molecule has 0 aliphatic rings. The minimum Gasteiger partial charge on any atom is -0.382 e. The number of nitrogen functional groups attached to an aromatic ring is 1. The highest BCUT2D eigenvalue weighted by Gasteiger charge is 2.15. The van der Waals surface area contributed by atoms with Crippen LogP contribution in [0.25, 0.3) is 33.1 Å². The molecule has 102 valence electrons. The van der Waals surface area contributed by atoms with E-state index in [2.05, 4.69) is 31.1 Å². The van der Waals surface area contributed by atoms with Crippen molar-refractivity contribution in [2.75, 3.05) is 5.73 Å². The number of aromatic nitrogens is 3. The number of fused-ring (bicyclic) bond motifs is 3. The van der Waals surface area contributed by atoms with Crippen LogP contribution in [0.2, 0.25) is 0 Å². The summed E-state index contributed by atoms with van der Waals surface area (Å²) in [6.45, 7) is 0. The molecule has 5 heteroatoms. The fourth-order valence-corrected chi connectivity index (χ4v) is 2.97. The number of aromatic amines is 1. The highest BCUT2D eigenvalue weighted by atomic mass is 79.9. The first-order valence-electron chi connectivity index (χ1n) is 6.52. The predicted octanol–water partition coefficient (Wildman–Crippen LogP) is 4.12. The molecule has 21 heavy (non-hydrogen) atoms. The lowest BCUT2D eigenvalue weighted by atomic mass is 10.1. The SMILES string of the molecule is Nc1nnc2c([nH]c3ccc(Br)cc32)c1-c1ccccc1. The fraction of sp³-hybridized carbons (Fsp3) is 0. The van der Waals surface area contributed by atoms with Gasteiger partial charge in [-0.3, -0.25) is 0 Å². The van der Waals surface area contributed by atoms with Gasteiger partial charge in [0.25, 0.3) is 0 Å². The Hall–Kier alpha value is -2.40. The zero-order chi connectivity index (χ0) is 14.4. The Labute approximate surface area is 129 Å². The van der Waals surface area contributed by atoms with E-state index in [0.29, 0.717) is 5.82 Å². The van der Waals surface area contributed by atoms with E-state index in [0.717, 1.165) is 37.5 Å². The highest BCUT2D eigenvalue weighted by molar-refractivity contribution is 9.10. The molecular weight excluding hydrogens is 328 g/mol. The van der Waals surface area contributed by atoms with Gasteiger partial charge in [0.05, 0.1) is 11.1 Å². The number of anilines is 1. The van der Waals surface area contributed by atoms with Crippen LogP contribution in [0.4, 0.5) is 5.82 Å². The second kappa shape index (κ2) is 4.56. The van der Waals surface area contributed by atoms with E-state index in [4.69, 9.17) is 5.73 Å². The maximum absolute atomic E-state index is 6.07. The normalized spacial score (nSPS) is 11.3. The molecule has 0 saturated heterocycles. The van der Waals surface area contributed by atoms with E-state index in [-0.39, 0.29) is 0 Å². The van der Waals surface area contributed by atoms with Crippen molar-refractivity contribution in [3.8, 4) is 11.1 Å². The van der Waals surface area contributed by atoms with Gasteiger partial charge < -0.3 is 10.7 Å². The second-order valence-corrected chi connectivity index (χ2v) is 5.78. The molecule has 3 N–H and O–H groups in total. The van der Waals surface area contributed by atoms with Crippen molar-refractivity contribution >= 4 is 43.7 Å². The molecule has 0 spiro atoms. The topological polar surface area (TPSA) is 67.6 Å². The molecule has 0 amide bonds. The number of H-pyrrole nitrogens is 1. The number of hydrogen-bond donors (Lipinski definition) is 2. The molecule has 0 atom stereocenters. The van der Waals surface area contributed by atoms with Crippen LogP contribution in [-0.2, 0) is 0 Å². The number of rotatable bonds is 1. The van der Waals surface area contributed by atoms with E-state index < -0.39 is 0 Å². The van der Waals surface area contributed by atoms with Gasteiger partial charge in [-0.1, -0.05) is 46.3 Å². The van der Waals surface area contributed by atoms with Crippen LogP contribution in [-0.4, -0.2) is 15.2 Å². The van der Waals surface area contributed by atoms with Crippen LogP contribution in [0.3, 0.4) is 0 Å². The van der Waals surface area contributed by atoms with Gasteiger partial charge in [-0.05, 0) is 23.8 Å². The second-order valence-electron chi connectivity index (χ2n) is 4.86. The molecule has 4 rings (SSSR count). The van der Waals surface area contributed by atoms with Crippen molar-refractivity contribution in [1.29, 1.82) is 0 Å². The number of nitrogens with two attached hydrogens (primary N) is 1. The largest absolute Gasteiger partial charge is 0.382 e. The lowest BCUT2D eigenvalue weighted by molar-refractivity contribution is 1.09. The standard InChI is InChI=1S/C16H11BrN4/c17-10-6-7-12-11(8-10)14-15(19-12)13(16(18)21-20-14)9-4-2-1-3-5-9/h1-8,19H,(H2,18,21). The van der Waals surface area contributed by atoms with Crippen LogP contribution in [0, 0.1) is 0 Å². The van der Waals surface area contributed by atoms with Crippen LogP contribution >= 0.6 is 15.9 Å². The molecule has 0 saturated carbocycles. The summed E-state index contributed by atoms with van der Waals surface area (Å²) in [5.74, 6) is 0.430. The molecule has 2 heterocycles. The zero-order valence-corrected chi connectivity index (χ0v) is 12.6. The number of benzene rings is 2. The van der Waals surface area contributed by atoms with E-state index in [1.165, 1.54) is 0 Å².